The van der Waals surface area contributed by atoms with E-state index in [0.29, 0.717) is 24.3 Å². The van der Waals surface area contributed by atoms with Gasteiger partial charge in [0.2, 0.25) is 0 Å². The molecule has 1 aliphatic heterocycles. The van der Waals surface area contributed by atoms with E-state index in [9.17, 15) is 4.79 Å². The Labute approximate surface area is 126 Å². The van der Waals surface area contributed by atoms with Crippen LogP contribution in [0.3, 0.4) is 0 Å². The molecule has 1 aromatic rings. The lowest BCUT2D eigenvalue weighted by Gasteiger charge is -2.14. The summed E-state index contributed by atoms with van der Waals surface area (Å²) >= 11 is 0. The summed E-state index contributed by atoms with van der Waals surface area (Å²) in [7, 11) is 0. The summed E-state index contributed by atoms with van der Waals surface area (Å²) in [5.74, 6) is 0.800. The molecule has 2 N–H and O–H groups in total. The lowest BCUT2D eigenvalue weighted by molar-refractivity contribution is 0.0949. The van der Waals surface area contributed by atoms with Crippen molar-refractivity contribution < 1.29 is 9.53 Å². The predicted molar refractivity (Wildman–Crippen MR) is 82.7 cm³/mol. The van der Waals surface area contributed by atoms with Gasteiger partial charge in [-0.15, -0.1) is 0 Å². The van der Waals surface area contributed by atoms with Crippen LogP contribution in [0.2, 0.25) is 0 Å². The van der Waals surface area contributed by atoms with Gasteiger partial charge in [0.05, 0.1) is 6.10 Å². The van der Waals surface area contributed by atoms with E-state index in [1.54, 1.807) is 0 Å². The number of amides is 1. The van der Waals surface area contributed by atoms with Gasteiger partial charge in [0.25, 0.3) is 5.91 Å². The fourth-order valence-corrected chi connectivity index (χ4v) is 3.16. The largest absolute Gasteiger partial charge is 0.490 e. The Hall–Kier alpha value is -1.55. The van der Waals surface area contributed by atoms with Crippen LogP contribution in [0.5, 0.6) is 5.75 Å². The van der Waals surface area contributed by atoms with Crippen molar-refractivity contribution in [3.63, 3.8) is 0 Å². The molecule has 1 saturated heterocycles. The molecule has 4 heteroatoms. The summed E-state index contributed by atoms with van der Waals surface area (Å²) < 4.78 is 5.95. The van der Waals surface area contributed by atoms with Crippen LogP contribution in [0.25, 0.3) is 0 Å². The van der Waals surface area contributed by atoms with Crippen molar-refractivity contribution in [1.29, 1.82) is 0 Å². The minimum Gasteiger partial charge on any atom is -0.490 e. The first-order valence-corrected chi connectivity index (χ1v) is 8.09. The molecular formula is C17H24N2O2. The predicted octanol–water partition coefficient (Wildman–Crippen LogP) is 2.49. The van der Waals surface area contributed by atoms with E-state index in [4.69, 9.17) is 4.74 Å². The van der Waals surface area contributed by atoms with E-state index < -0.39 is 0 Å². The van der Waals surface area contributed by atoms with Gasteiger partial charge < -0.3 is 15.4 Å². The number of carbonyl (C=O) groups excluding carboxylic acids is 1. The summed E-state index contributed by atoms with van der Waals surface area (Å²) in [6, 6.07) is 7.96. The van der Waals surface area contributed by atoms with Gasteiger partial charge in [0.1, 0.15) is 5.75 Å². The number of nitrogens with one attached hydrogen (secondary N) is 2. The molecule has 1 unspecified atom stereocenters. The Kier molecular flexibility index (Phi) is 4.76. The molecule has 4 nitrogen and oxygen atoms in total. The van der Waals surface area contributed by atoms with E-state index in [-0.39, 0.29) is 5.91 Å². The van der Waals surface area contributed by atoms with Crippen LogP contribution in [-0.4, -0.2) is 31.1 Å². The molecule has 21 heavy (non-hydrogen) atoms. The zero-order valence-electron chi connectivity index (χ0n) is 12.4. The second-order valence-corrected chi connectivity index (χ2v) is 6.06. The average Bonchev–Trinajstić information content (AvgIpc) is 3.18. The molecule has 1 amide bonds. The van der Waals surface area contributed by atoms with Crippen LogP contribution in [0.4, 0.5) is 0 Å². The average molecular weight is 288 g/mol. The van der Waals surface area contributed by atoms with Crippen molar-refractivity contribution >= 4 is 5.91 Å². The highest BCUT2D eigenvalue weighted by Gasteiger charge is 2.18. The van der Waals surface area contributed by atoms with Gasteiger partial charge in [-0.3, -0.25) is 4.79 Å². The maximum Gasteiger partial charge on any atom is 0.251 e. The van der Waals surface area contributed by atoms with Crippen LogP contribution >= 0.6 is 0 Å². The van der Waals surface area contributed by atoms with Gasteiger partial charge in [-0.2, -0.15) is 0 Å². The van der Waals surface area contributed by atoms with Crippen LogP contribution in [0.1, 0.15) is 48.9 Å². The second kappa shape index (κ2) is 6.94. The standard InChI is InChI=1S/C17H24N2O2/c20-17(19-12-14-6-4-10-18-14)13-5-3-9-16(11-13)21-15-7-1-2-8-15/h3,5,9,11,14-15,18H,1-2,4,6-8,10,12H2,(H,19,20). The van der Waals surface area contributed by atoms with Gasteiger partial charge >= 0.3 is 0 Å². The summed E-state index contributed by atoms with van der Waals surface area (Å²) in [5.41, 5.74) is 0.684. The molecule has 1 aromatic carbocycles. The smallest absolute Gasteiger partial charge is 0.251 e. The molecule has 0 radical (unpaired) electrons. The highest BCUT2D eigenvalue weighted by Crippen LogP contribution is 2.24. The van der Waals surface area contributed by atoms with E-state index in [2.05, 4.69) is 10.6 Å². The molecule has 2 aliphatic rings. The molecule has 1 atom stereocenters. The van der Waals surface area contributed by atoms with E-state index >= 15 is 0 Å². The molecule has 1 saturated carbocycles. The zero-order valence-corrected chi connectivity index (χ0v) is 12.4. The second-order valence-electron chi connectivity index (χ2n) is 6.06. The maximum absolute atomic E-state index is 12.2. The SMILES string of the molecule is O=C(NCC1CCCN1)c1cccc(OC2CCCC2)c1. The number of ether oxygens (including phenoxy) is 1. The van der Waals surface area contributed by atoms with E-state index in [1.807, 2.05) is 24.3 Å². The molecule has 0 spiro atoms. The van der Waals surface area contributed by atoms with Crippen molar-refractivity contribution in [2.24, 2.45) is 0 Å². The highest BCUT2D eigenvalue weighted by atomic mass is 16.5. The third kappa shape index (κ3) is 3.97. The summed E-state index contributed by atoms with van der Waals surface area (Å²) in [6.45, 7) is 1.76. The Morgan fingerprint density at radius 1 is 1.24 bits per heavy atom. The van der Waals surface area contributed by atoms with Crippen LogP contribution < -0.4 is 15.4 Å². The monoisotopic (exact) mass is 288 g/mol. The fraction of sp³-hybridized carbons (Fsp3) is 0.588. The van der Waals surface area contributed by atoms with Crippen molar-refractivity contribution in [3.8, 4) is 5.75 Å². The zero-order chi connectivity index (χ0) is 14.5. The van der Waals surface area contributed by atoms with Crippen LogP contribution in [0.15, 0.2) is 24.3 Å². The first kappa shape index (κ1) is 14.4. The number of benzene rings is 1. The Morgan fingerprint density at radius 3 is 2.86 bits per heavy atom. The lowest BCUT2D eigenvalue weighted by Crippen LogP contribution is -2.37. The van der Waals surface area contributed by atoms with Gasteiger partial charge in [-0.05, 0) is 63.3 Å². The van der Waals surface area contributed by atoms with Crippen molar-refractivity contribution in [2.45, 2.75) is 50.7 Å². The minimum absolute atomic E-state index is 0.0134. The first-order valence-electron chi connectivity index (χ1n) is 8.09. The molecule has 0 aromatic heterocycles. The third-order valence-corrected chi connectivity index (χ3v) is 4.37. The third-order valence-electron chi connectivity index (χ3n) is 4.37. The van der Waals surface area contributed by atoms with Crippen molar-refractivity contribution in [1.82, 2.24) is 10.6 Å². The van der Waals surface area contributed by atoms with Crippen molar-refractivity contribution in [2.75, 3.05) is 13.1 Å². The molecule has 1 heterocycles. The molecule has 1 aliphatic carbocycles. The topological polar surface area (TPSA) is 50.4 Å². The summed E-state index contributed by atoms with van der Waals surface area (Å²) in [4.78, 5) is 12.2. The summed E-state index contributed by atoms with van der Waals surface area (Å²) in [5, 5.41) is 6.39. The molecule has 2 fully saturated rings. The molecular weight excluding hydrogens is 264 g/mol. The number of hydrogen-bond acceptors (Lipinski definition) is 3. The van der Waals surface area contributed by atoms with Gasteiger partial charge in [-0.1, -0.05) is 6.07 Å². The number of carbonyl (C=O) groups is 1. The van der Waals surface area contributed by atoms with Crippen LogP contribution in [0, 0.1) is 0 Å². The Balaban J connectivity index is 1.54. The Morgan fingerprint density at radius 2 is 2.10 bits per heavy atom. The summed E-state index contributed by atoms with van der Waals surface area (Å²) in [6.07, 6.45) is 7.42. The lowest BCUT2D eigenvalue weighted by atomic mass is 10.2. The molecule has 3 rings (SSSR count). The van der Waals surface area contributed by atoms with Gasteiger partial charge in [0, 0.05) is 18.2 Å². The van der Waals surface area contributed by atoms with E-state index in [0.717, 1.165) is 31.6 Å². The van der Waals surface area contributed by atoms with Crippen molar-refractivity contribution in [3.05, 3.63) is 29.8 Å². The Bertz CT molecular complexity index is 477. The van der Waals surface area contributed by atoms with Gasteiger partial charge in [-0.25, -0.2) is 0 Å². The molecule has 114 valence electrons. The minimum atomic E-state index is -0.0134. The fourth-order valence-electron chi connectivity index (χ4n) is 3.16. The number of hydrogen-bond donors (Lipinski definition) is 2. The molecule has 0 bridgehead atoms. The first-order chi connectivity index (χ1) is 10.3. The number of rotatable bonds is 5. The highest BCUT2D eigenvalue weighted by molar-refractivity contribution is 5.94. The quantitative estimate of drug-likeness (QED) is 0.875. The van der Waals surface area contributed by atoms with Crippen LogP contribution in [-0.2, 0) is 0 Å². The normalized spacial score (nSPS) is 22.4. The van der Waals surface area contributed by atoms with Gasteiger partial charge in [0.15, 0.2) is 0 Å². The van der Waals surface area contributed by atoms with E-state index in [1.165, 1.54) is 19.3 Å². The maximum atomic E-state index is 12.2.